The number of carboxylic acid groups (broad SMARTS) is 3. The Hall–Kier alpha value is -2.45. The van der Waals surface area contributed by atoms with Gasteiger partial charge in [0.15, 0.2) is 6.10 Å². The standard InChI is InChI=1S/C11H10O8/c12-7(8(13)11(18)19)6-3-4(9(14)15)1-2-5(6)10(16)17/h1-3,7-8,12-13H,(H,14,15)(H,16,17)(H,18,19). The van der Waals surface area contributed by atoms with Gasteiger partial charge in [0.05, 0.1) is 11.1 Å². The van der Waals surface area contributed by atoms with Crippen LogP contribution < -0.4 is 0 Å². The molecule has 0 aliphatic heterocycles. The topological polar surface area (TPSA) is 152 Å². The SMILES string of the molecule is O=C(O)c1ccc(C(=O)O)c(C(O)C(O)C(=O)O)c1. The van der Waals surface area contributed by atoms with Crippen LogP contribution >= 0.6 is 0 Å². The average Bonchev–Trinajstić information content (AvgIpc) is 2.35. The smallest absolute Gasteiger partial charge is 0.336 e. The second-order valence-corrected chi connectivity index (χ2v) is 3.64. The van der Waals surface area contributed by atoms with Crippen molar-refractivity contribution in [3.05, 3.63) is 34.9 Å². The molecule has 0 heterocycles. The van der Waals surface area contributed by atoms with Crippen molar-refractivity contribution in [2.75, 3.05) is 0 Å². The molecule has 0 saturated heterocycles. The summed E-state index contributed by atoms with van der Waals surface area (Å²) >= 11 is 0. The van der Waals surface area contributed by atoms with Crippen molar-refractivity contribution < 1.29 is 39.9 Å². The van der Waals surface area contributed by atoms with Gasteiger partial charge in [0.25, 0.3) is 0 Å². The van der Waals surface area contributed by atoms with Crippen LogP contribution in [0.25, 0.3) is 0 Å². The molecule has 0 spiro atoms. The van der Waals surface area contributed by atoms with Crippen molar-refractivity contribution >= 4 is 17.9 Å². The number of aliphatic hydroxyl groups is 2. The van der Waals surface area contributed by atoms with Gasteiger partial charge >= 0.3 is 17.9 Å². The minimum absolute atomic E-state index is 0.336. The second kappa shape index (κ2) is 5.46. The van der Waals surface area contributed by atoms with E-state index >= 15 is 0 Å². The fourth-order valence-corrected chi connectivity index (χ4v) is 1.44. The molecule has 0 radical (unpaired) electrons. The van der Waals surface area contributed by atoms with Crippen LogP contribution in [0.4, 0.5) is 0 Å². The third-order valence-corrected chi connectivity index (χ3v) is 2.40. The number of carbonyl (C=O) groups is 3. The van der Waals surface area contributed by atoms with Crippen molar-refractivity contribution in [1.29, 1.82) is 0 Å². The minimum atomic E-state index is -2.26. The van der Waals surface area contributed by atoms with E-state index in [1.54, 1.807) is 0 Å². The van der Waals surface area contributed by atoms with Crippen molar-refractivity contribution in [3.8, 4) is 0 Å². The first kappa shape index (κ1) is 14.6. The number of aliphatic hydroxyl groups excluding tert-OH is 2. The molecule has 1 rings (SSSR count). The molecule has 8 nitrogen and oxygen atoms in total. The Labute approximate surface area is 106 Å². The Kier molecular flexibility index (Phi) is 4.20. The molecular weight excluding hydrogens is 260 g/mol. The van der Waals surface area contributed by atoms with E-state index in [2.05, 4.69) is 0 Å². The van der Waals surface area contributed by atoms with Crippen LogP contribution in [0.15, 0.2) is 18.2 Å². The van der Waals surface area contributed by atoms with E-state index in [4.69, 9.17) is 15.3 Å². The lowest BCUT2D eigenvalue weighted by Gasteiger charge is -2.17. The highest BCUT2D eigenvalue weighted by molar-refractivity contribution is 5.93. The highest BCUT2D eigenvalue weighted by Crippen LogP contribution is 2.23. The normalized spacial score (nSPS) is 13.6. The summed E-state index contributed by atoms with van der Waals surface area (Å²) in [5.74, 6) is -4.62. The highest BCUT2D eigenvalue weighted by atomic mass is 16.4. The molecular formula is C11H10O8. The lowest BCUT2D eigenvalue weighted by atomic mass is 9.96. The molecule has 2 unspecified atom stereocenters. The van der Waals surface area contributed by atoms with Gasteiger partial charge in [0, 0.05) is 0 Å². The summed E-state index contributed by atoms with van der Waals surface area (Å²) in [7, 11) is 0. The number of aliphatic carboxylic acids is 1. The van der Waals surface area contributed by atoms with Gasteiger partial charge in [0.2, 0.25) is 0 Å². The quantitative estimate of drug-likeness (QED) is 0.482. The van der Waals surface area contributed by atoms with Crippen LogP contribution in [-0.4, -0.2) is 49.5 Å². The van der Waals surface area contributed by atoms with Gasteiger partial charge in [-0.3, -0.25) is 0 Å². The van der Waals surface area contributed by atoms with Gasteiger partial charge in [-0.25, -0.2) is 14.4 Å². The summed E-state index contributed by atoms with van der Waals surface area (Å²) < 4.78 is 0. The molecule has 0 aliphatic rings. The minimum Gasteiger partial charge on any atom is -0.479 e. The van der Waals surface area contributed by atoms with E-state index in [1.165, 1.54) is 0 Å². The zero-order valence-electron chi connectivity index (χ0n) is 9.35. The molecule has 19 heavy (non-hydrogen) atoms. The van der Waals surface area contributed by atoms with Crippen LogP contribution in [-0.2, 0) is 4.79 Å². The lowest BCUT2D eigenvalue weighted by molar-refractivity contribution is -0.153. The number of carboxylic acids is 3. The summed E-state index contributed by atoms with van der Waals surface area (Å²) in [6.45, 7) is 0. The molecule has 8 heteroatoms. The number of benzene rings is 1. The predicted octanol–water partition coefficient (Wildman–Crippen LogP) is -0.438. The molecule has 5 N–H and O–H groups in total. The monoisotopic (exact) mass is 270 g/mol. The van der Waals surface area contributed by atoms with E-state index < -0.39 is 41.2 Å². The Bertz CT molecular complexity index is 535. The molecule has 0 fully saturated rings. The Morgan fingerprint density at radius 1 is 0.947 bits per heavy atom. The van der Waals surface area contributed by atoms with E-state index in [-0.39, 0.29) is 5.56 Å². The molecule has 102 valence electrons. The van der Waals surface area contributed by atoms with E-state index in [9.17, 15) is 24.6 Å². The van der Waals surface area contributed by atoms with Gasteiger partial charge in [-0.1, -0.05) is 0 Å². The van der Waals surface area contributed by atoms with Crippen molar-refractivity contribution in [1.82, 2.24) is 0 Å². The maximum absolute atomic E-state index is 10.9. The van der Waals surface area contributed by atoms with Gasteiger partial charge in [-0.15, -0.1) is 0 Å². The molecule has 0 aromatic heterocycles. The predicted molar refractivity (Wildman–Crippen MR) is 59.0 cm³/mol. The molecule has 0 aliphatic carbocycles. The van der Waals surface area contributed by atoms with Crippen LogP contribution in [0, 0.1) is 0 Å². The first-order valence-corrected chi connectivity index (χ1v) is 4.95. The van der Waals surface area contributed by atoms with E-state index in [0.29, 0.717) is 0 Å². The van der Waals surface area contributed by atoms with Crippen LogP contribution in [0.5, 0.6) is 0 Å². The maximum Gasteiger partial charge on any atom is 0.336 e. The summed E-state index contributed by atoms with van der Waals surface area (Å²) in [5, 5.41) is 45.0. The lowest BCUT2D eigenvalue weighted by Crippen LogP contribution is -2.28. The number of hydrogen-bond donors (Lipinski definition) is 5. The third kappa shape index (κ3) is 3.06. The summed E-state index contributed by atoms with van der Waals surface area (Å²) in [5.41, 5.74) is -1.31. The maximum atomic E-state index is 10.9. The van der Waals surface area contributed by atoms with Gasteiger partial charge in [0.1, 0.15) is 6.10 Å². The second-order valence-electron chi connectivity index (χ2n) is 3.64. The number of aromatic carboxylic acids is 2. The molecule has 1 aromatic carbocycles. The van der Waals surface area contributed by atoms with Crippen LogP contribution in [0.3, 0.4) is 0 Å². The number of rotatable bonds is 5. The molecule has 0 bridgehead atoms. The van der Waals surface area contributed by atoms with Gasteiger partial charge in [-0.2, -0.15) is 0 Å². The van der Waals surface area contributed by atoms with Crippen molar-refractivity contribution in [2.45, 2.75) is 12.2 Å². The first-order valence-electron chi connectivity index (χ1n) is 4.95. The zero-order chi connectivity index (χ0) is 14.7. The molecule has 0 saturated carbocycles. The summed E-state index contributed by atoms with van der Waals surface area (Å²) in [4.78, 5) is 32.2. The average molecular weight is 270 g/mol. The van der Waals surface area contributed by atoms with Gasteiger partial charge in [-0.05, 0) is 23.8 Å². The fourth-order valence-electron chi connectivity index (χ4n) is 1.44. The molecule has 1 aromatic rings. The Balaban J connectivity index is 3.36. The van der Waals surface area contributed by atoms with E-state index in [1.807, 2.05) is 0 Å². The summed E-state index contributed by atoms with van der Waals surface area (Å²) in [6, 6.07) is 2.72. The molecule has 2 atom stereocenters. The first-order chi connectivity index (χ1) is 8.75. The summed E-state index contributed by atoms with van der Waals surface area (Å²) in [6.07, 6.45) is -4.31. The van der Waals surface area contributed by atoms with Crippen molar-refractivity contribution in [2.24, 2.45) is 0 Å². The van der Waals surface area contributed by atoms with Crippen LogP contribution in [0.1, 0.15) is 32.4 Å². The molecule has 0 amide bonds. The van der Waals surface area contributed by atoms with E-state index in [0.717, 1.165) is 18.2 Å². The fraction of sp³-hybridized carbons (Fsp3) is 0.182. The van der Waals surface area contributed by atoms with Crippen LogP contribution in [0.2, 0.25) is 0 Å². The Morgan fingerprint density at radius 3 is 1.95 bits per heavy atom. The largest absolute Gasteiger partial charge is 0.479 e. The zero-order valence-corrected chi connectivity index (χ0v) is 9.35. The Morgan fingerprint density at radius 2 is 1.53 bits per heavy atom. The van der Waals surface area contributed by atoms with Crippen molar-refractivity contribution in [3.63, 3.8) is 0 Å². The highest BCUT2D eigenvalue weighted by Gasteiger charge is 2.29. The van der Waals surface area contributed by atoms with Gasteiger partial charge < -0.3 is 25.5 Å². The number of hydrogen-bond acceptors (Lipinski definition) is 5. The third-order valence-electron chi connectivity index (χ3n) is 2.40.